The smallest absolute Gasteiger partial charge is 0.262 e. The second-order valence-corrected chi connectivity index (χ2v) is 6.99. The number of halogens is 2. The third-order valence-electron chi connectivity index (χ3n) is 2.80. The number of benzene rings is 2. The van der Waals surface area contributed by atoms with Crippen LogP contribution in [0.25, 0.3) is 0 Å². The standard InChI is InChI=1S/C14H13Cl2NO2S/c1-9-3-5-13(12(16)7-9)17-20(18,19)14-6-4-11(15)8-10(14)2/h3-8,17H,1-2H3. The minimum absolute atomic E-state index is 0.179. The van der Waals surface area contributed by atoms with Crippen LogP contribution < -0.4 is 4.72 Å². The molecule has 0 amide bonds. The average molecular weight is 330 g/mol. The van der Waals surface area contributed by atoms with Crippen LogP contribution in [0.4, 0.5) is 5.69 Å². The van der Waals surface area contributed by atoms with Crippen molar-refractivity contribution < 1.29 is 8.42 Å². The molecule has 2 rings (SSSR count). The number of rotatable bonds is 3. The van der Waals surface area contributed by atoms with Crippen LogP contribution in [-0.4, -0.2) is 8.42 Å². The van der Waals surface area contributed by atoms with E-state index in [1.807, 2.05) is 6.92 Å². The molecule has 0 saturated carbocycles. The Morgan fingerprint density at radius 2 is 1.70 bits per heavy atom. The first kappa shape index (κ1) is 15.2. The first-order chi connectivity index (χ1) is 9.29. The fraction of sp³-hybridized carbons (Fsp3) is 0.143. The average Bonchev–Trinajstić information content (AvgIpc) is 2.32. The normalized spacial score (nSPS) is 11.4. The minimum Gasteiger partial charge on any atom is -0.278 e. The molecule has 0 atom stereocenters. The van der Waals surface area contributed by atoms with Gasteiger partial charge in [0, 0.05) is 5.02 Å². The summed E-state index contributed by atoms with van der Waals surface area (Å²) in [6, 6.07) is 9.75. The summed E-state index contributed by atoms with van der Waals surface area (Å²) >= 11 is 11.9. The molecule has 106 valence electrons. The molecule has 0 heterocycles. The van der Waals surface area contributed by atoms with E-state index >= 15 is 0 Å². The monoisotopic (exact) mass is 329 g/mol. The Labute approximate surface area is 128 Å². The lowest BCUT2D eigenvalue weighted by atomic mass is 10.2. The summed E-state index contributed by atoms with van der Waals surface area (Å²) in [5.74, 6) is 0. The maximum absolute atomic E-state index is 12.4. The van der Waals surface area contributed by atoms with Crippen molar-refractivity contribution in [2.45, 2.75) is 18.7 Å². The molecule has 0 bridgehead atoms. The number of anilines is 1. The van der Waals surface area contributed by atoms with Gasteiger partial charge in [-0.15, -0.1) is 0 Å². The molecular weight excluding hydrogens is 317 g/mol. The first-order valence-electron chi connectivity index (χ1n) is 5.85. The Morgan fingerprint density at radius 3 is 2.30 bits per heavy atom. The lowest BCUT2D eigenvalue weighted by molar-refractivity contribution is 0.600. The zero-order valence-electron chi connectivity index (χ0n) is 10.9. The molecule has 0 fully saturated rings. The van der Waals surface area contributed by atoms with Crippen LogP contribution in [0.3, 0.4) is 0 Å². The van der Waals surface area contributed by atoms with E-state index in [1.54, 1.807) is 37.3 Å². The van der Waals surface area contributed by atoms with E-state index in [2.05, 4.69) is 4.72 Å². The van der Waals surface area contributed by atoms with Gasteiger partial charge >= 0.3 is 0 Å². The Hall–Kier alpha value is -1.23. The highest BCUT2D eigenvalue weighted by Gasteiger charge is 2.18. The minimum atomic E-state index is -3.69. The lowest BCUT2D eigenvalue weighted by Gasteiger charge is -2.12. The third kappa shape index (κ3) is 3.26. The van der Waals surface area contributed by atoms with Gasteiger partial charge in [0.25, 0.3) is 10.0 Å². The van der Waals surface area contributed by atoms with Gasteiger partial charge in [-0.2, -0.15) is 0 Å². The van der Waals surface area contributed by atoms with E-state index in [0.29, 0.717) is 21.3 Å². The van der Waals surface area contributed by atoms with Gasteiger partial charge in [0.05, 0.1) is 15.6 Å². The van der Waals surface area contributed by atoms with E-state index in [1.165, 1.54) is 6.07 Å². The summed E-state index contributed by atoms with van der Waals surface area (Å²) in [4.78, 5) is 0.179. The van der Waals surface area contributed by atoms with Gasteiger partial charge in [0.1, 0.15) is 0 Å². The van der Waals surface area contributed by atoms with Crippen LogP contribution in [0.2, 0.25) is 10.0 Å². The summed E-state index contributed by atoms with van der Waals surface area (Å²) in [7, 11) is -3.69. The number of aryl methyl sites for hydroxylation is 2. The van der Waals surface area contributed by atoms with Crippen molar-refractivity contribution in [3.63, 3.8) is 0 Å². The topological polar surface area (TPSA) is 46.2 Å². The number of sulfonamides is 1. The highest BCUT2D eigenvalue weighted by Crippen LogP contribution is 2.27. The second kappa shape index (κ2) is 5.64. The van der Waals surface area contributed by atoms with Crippen molar-refractivity contribution in [2.75, 3.05) is 4.72 Å². The van der Waals surface area contributed by atoms with Crippen LogP contribution in [-0.2, 0) is 10.0 Å². The zero-order chi connectivity index (χ0) is 14.9. The van der Waals surface area contributed by atoms with Gasteiger partial charge in [0.15, 0.2) is 0 Å². The quantitative estimate of drug-likeness (QED) is 0.906. The number of hydrogen-bond donors (Lipinski definition) is 1. The molecule has 0 unspecified atom stereocenters. The Morgan fingerprint density at radius 1 is 1.00 bits per heavy atom. The van der Waals surface area contributed by atoms with E-state index in [9.17, 15) is 8.42 Å². The van der Waals surface area contributed by atoms with E-state index < -0.39 is 10.0 Å². The van der Waals surface area contributed by atoms with Crippen molar-refractivity contribution in [1.29, 1.82) is 0 Å². The molecule has 2 aromatic carbocycles. The second-order valence-electron chi connectivity index (χ2n) is 4.50. The summed E-state index contributed by atoms with van der Waals surface area (Å²) in [5.41, 5.74) is 1.89. The zero-order valence-corrected chi connectivity index (χ0v) is 13.3. The molecule has 2 aromatic rings. The molecule has 0 radical (unpaired) electrons. The molecule has 0 aliphatic heterocycles. The first-order valence-corrected chi connectivity index (χ1v) is 8.08. The van der Waals surface area contributed by atoms with Crippen LogP contribution >= 0.6 is 23.2 Å². The molecule has 20 heavy (non-hydrogen) atoms. The maximum Gasteiger partial charge on any atom is 0.262 e. The van der Waals surface area contributed by atoms with Crippen LogP contribution in [0.5, 0.6) is 0 Å². The molecule has 0 aromatic heterocycles. The van der Waals surface area contributed by atoms with Gasteiger partial charge in [0.2, 0.25) is 0 Å². The summed E-state index contributed by atoms with van der Waals surface area (Å²) in [6.45, 7) is 3.57. The lowest BCUT2D eigenvalue weighted by Crippen LogP contribution is -2.14. The van der Waals surface area contributed by atoms with Crippen molar-refractivity contribution in [2.24, 2.45) is 0 Å². The Bertz CT molecular complexity index is 758. The number of hydrogen-bond acceptors (Lipinski definition) is 2. The van der Waals surface area contributed by atoms with Crippen molar-refractivity contribution in [1.82, 2.24) is 0 Å². The molecule has 1 N–H and O–H groups in total. The molecular formula is C14H13Cl2NO2S. The molecule has 6 heteroatoms. The summed E-state index contributed by atoms with van der Waals surface area (Å²) < 4.78 is 27.2. The van der Waals surface area contributed by atoms with Crippen molar-refractivity contribution >= 4 is 38.9 Å². The van der Waals surface area contributed by atoms with Gasteiger partial charge in [-0.05, 0) is 55.3 Å². The highest BCUT2D eigenvalue weighted by atomic mass is 35.5. The highest BCUT2D eigenvalue weighted by molar-refractivity contribution is 7.92. The Kier molecular flexibility index (Phi) is 4.28. The van der Waals surface area contributed by atoms with Crippen LogP contribution in [0.15, 0.2) is 41.3 Å². The van der Waals surface area contributed by atoms with Crippen molar-refractivity contribution in [3.8, 4) is 0 Å². The van der Waals surface area contributed by atoms with Gasteiger partial charge in [-0.25, -0.2) is 8.42 Å². The molecule has 3 nitrogen and oxygen atoms in total. The third-order valence-corrected chi connectivity index (χ3v) is 4.87. The fourth-order valence-corrected chi connectivity index (χ4v) is 3.69. The summed E-state index contributed by atoms with van der Waals surface area (Å²) in [6.07, 6.45) is 0. The van der Waals surface area contributed by atoms with Gasteiger partial charge in [-0.1, -0.05) is 29.3 Å². The predicted octanol–water partition coefficient (Wildman–Crippen LogP) is 4.41. The van der Waals surface area contributed by atoms with Crippen molar-refractivity contribution in [3.05, 3.63) is 57.6 Å². The SMILES string of the molecule is Cc1ccc(NS(=O)(=O)c2ccc(Cl)cc2C)c(Cl)c1. The Balaban J connectivity index is 2.41. The fourth-order valence-electron chi connectivity index (χ4n) is 1.82. The van der Waals surface area contributed by atoms with Gasteiger partial charge in [-0.3, -0.25) is 4.72 Å². The van der Waals surface area contributed by atoms with Crippen LogP contribution in [0, 0.1) is 13.8 Å². The van der Waals surface area contributed by atoms with E-state index in [4.69, 9.17) is 23.2 Å². The van der Waals surface area contributed by atoms with E-state index in [-0.39, 0.29) is 4.90 Å². The molecule has 0 aliphatic carbocycles. The maximum atomic E-state index is 12.4. The van der Waals surface area contributed by atoms with Gasteiger partial charge < -0.3 is 0 Å². The number of nitrogens with one attached hydrogen (secondary N) is 1. The largest absolute Gasteiger partial charge is 0.278 e. The van der Waals surface area contributed by atoms with E-state index in [0.717, 1.165) is 5.56 Å². The molecule has 0 saturated heterocycles. The predicted molar refractivity (Wildman–Crippen MR) is 83.2 cm³/mol. The molecule has 0 aliphatic rings. The van der Waals surface area contributed by atoms with Crippen LogP contribution in [0.1, 0.15) is 11.1 Å². The summed E-state index contributed by atoms with van der Waals surface area (Å²) in [5, 5.41) is 0.856. The molecule has 0 spiro atoms.